The van der Waals surface area contributed by atoms with E-state index in [1.54, 1.807) is 59.0 Å². The summed E-state index contributed by atoms with van der Waals surface area (Å²) in [6.45, 7) is 2.74. The molecule has 0 N–H and O–H groups in total. The van der Waals surface area contributed by atoms with Crippen molar-refractivity contribution in [2.45, 2.75) is 32.4 Å². The topological polar surface area (TPSA) is 73.5 Å². The number of carbonyl (C=O) groups is 2. The first-order valence-electron chi connectivity index (χ1n) is 12.6. The number of ether oxygens (including phenoxy) is 1. The number of carbonyl (C=O) groups excluding carboxylic acids is 2. The number of hydrogen-bond acceptors (Lipinski definition) is 4. The Balaban J connectivity index is 1.56. The number of nitrogens with zero attached hydrogens (tertiary/aromatic N) is 3. The number of halogens is 2. The van der Waals surface area contributed by atoms with Crippen LogP contribution in [0.3, 0.4) is 0 Å². The molecule has 4 aromatic rings. The van der Waals surface area contributed by atoms with Gasteiger partial charge >= 0.3 is 5.69 Å². The largest absolute Gasteiger partial charge is 0.497 e. The lowest BCUT2D eigenvalue weighted by Crippen LogP contribution is -2.41. The van der Waals surface area contributed by atoms with E-state index in [0.29, 0.717) is 44.4 Å². The molecule has 1 aliphatic rings. The summed E-state index contributed by atoms with van der Waals surface area (Å²) in [5, 5.41) is 0.436. The number of imidazole rings is 1. The number of aromatic nitrogens is 2. The van der Waals surface area contributed by atoms with Crippen LogP contribution in [-0.2, 0) is 13.1 Å². The Kier molecular flexibility index (Phi) is 7.77. The third-order valence-corrected chi connectivity index (χ3v) is 8.32. The van der Waals surface area contributed by atoms with Gasteiger partial charge < -0.3 is 9.64 Å². The fourth-order valence-corrected chi connectivity index (χ4v) is 5.40. The first-order valence-corrected chi connectivity index (χ1v) is 13.8. The average Bonchev–Trinajstić information content (AvgIpc) is 3.26. The van der Waals surface area contributed by atoms with Crippen molar-refractivity contribution >= 4 is 39.2 Å². The minimum atomic E-state index is -0.301. The van der Waals surface area contributed by atoms with E-state index in [4.69, 9.17) is 16.3 Å². The predicted octanol–water partition coefficient (Wildman–Crippen LogP) is 6.10. The molecule has 0 bridgehead atoms. The van der Waals surface area contributed by atoms with Crippen LogP contribution in [0.2, 0.25) is 5.02 Å². The Morgan fingerprint density at radius 2 is 1.74 bits per heavy atom. The van der Waals surface area contributed by atoms with Crippen LogP contribution in [0.15, 0.2) is 82.1 Å². The molecule has 0 unspecified atom stereocenters. The predicted molar refractivity (Wildman–Crippen MR) is 154 cm³/mol. The van der Waals surface area contributed by atoms with E-state index in [0.717, 1.165) is 5.56 Å². The molecule has 1 amide bonds. The lowest BCUT2D eigenvalue weighted by molar-refractivity contribution is 0.0706. The van der Waals surface area contributed by atoms with Crippen LogP contribution in [0.25, 0.3) is 5.69 Å². The van der Waals surface area contributed by atoms with Gasteiger partial charge in [0.2, 0.25) is 0 Å². The van der Waals surface area contributed by atoms with Crippen molar-refractivity contribution in [3.8, 4) is 11.4 Å². The van der Waals surface area contributed by atoms with Crippen LogP contribution < -0.4 is 10.4 Å². The molecule has 0 saturated carbocycles. The Labute approximate surface area is 239 Å². The maximum Gasteiger partial charge on any atom is 0.333 e. The van der Waals surface area contributed by atoms with Gasteiger partial charge in [-0.15, -0.1) is 0 Å². The quantitative estimate of drug-likeness (QED) is 0.238. The van der Waals surface area contributed by atoms with E-state index < -0.39 is 0 Å². The summed E-state index contributed by atoms with van der Waals surface area (Å²) in [7, 11) is 1.57. The van der Waals surface area contributed by atoms with Gasteiger partial charge in [-0.25, -0.2) is 4.79 Å². The van der Waals surface area contributed by atoms with Crippen LogP contribution in [0.4, 0.5) is 0 Å². The molecule has 200 valence electrons. The van der Waals surface area contributed by atoms with Gasteiger partial charge in [0.25, 0.3) is 5.91 Å². The molecule has 1 atom stereocenters. The molecule has 1 aromatic heterocycles. The first-order chi connectivity index (χ1) is 18.8. The van der Waals surface area contributed by atoms with Crippen molar-refractivity contribution in [2.75, 3.05) is 13.7 Å². The minimum Gasteiger partial charge on any atom is -0.497 e. The van der Waals surface area contributed by atoms with Crippen LogP contribution in [0.1, 0.15) is 51.4 Å². The van der Waals surface area contributed by atoms with E-state index >= 15 is 0 Å². The van der Waals surface area contributed by atoms with E-state index in [-0.39, 0.29) is 42.8 Å². The van der Waals surface area contributed by atoms with Gasteiger partial charge in [0.05, 0.1) is 30.1 Å². The zero-order valence-corrected chi connectivity index (χ0v) is 23.9. The number of rotatable bonds is 7. The Morgan fingerprint density at radius 1 is 1.03 bits per heavy atom. The molecule has 1 aliphatic heterocycles. The SMILES string of the molecule is COc1ccc(-n2c(C(=O)C[C@H](C)c3ccccc3)c3n(c2=O)CCN(C(=O)c2ccc(Br)c(Cl)c2)C3)cc1. The van der Waals surface area contributed by atoms with Crippen LogP contribution in [0.5, 0.6) is 5.75 Å². The first kappa shape index (κ1) is 27.0. The Morgan fingerprint density at radius 3 is 2.41 bits per heavy atom. The smallest absolute Gasteiger partial charge is 0.333 e. The summed E-state index contributed by atoms with van der Waals surface area (Å²) in [5.41, 5.74) is 2.59. The number of hydrogen-bond donors (Lipinski definition) is 0. The highest BCUT2D eigenvalue weighted by atomic mass is 79.9. The van der Waals surface area contributed by atoms with Crippen molar-refractivity contribution in [1.29, 1.82) is 0 Å². The number of benzene rings is 3. The molecule has 5 rings (SSSR count). The zero-order chi connectivity index (χ0) is 27.7. The number of methoxy groups -OCH3 is 1. The van der Waals surface area contributed by atoms with Crippen LogP contribution in [-0.4, -0.2) is 39.4 Å². The Hall–Kier alpha value is -3.62. The minimum absolute atomic E-state index is 0.0556. The van der Waals surface area contributed by atoms with Crippen molar-refractivity contribution in [3.05, 3.63) is 115 Å². The molecular formula is C30H27BrClN3O4. The number of ketones is 1. The van der Waals surface area contributed by atoms with E-state index in [1.165, 1.54) is 4.57 Å². The maximum atomic E-state index is 13.9. The van der Waals surface area contributed by atoms with Crippen molar-refractivity contribution < 1.29 is 14.3 Å². The highest BCUT2D eigenvalue weighted by Gasteiger charge is 2.32. The second-order valence-electron chi connectivity index (χ2n) is 9.56. The highest BCUT2D eigenvalue weighted by Crippen LogP contribution is 2.28. The van der Waals surface area contributed by atoms with Gasteiger partial charge in [-0.3, -0.25) is 18.7 Å². The molecule has 0 spiro atoms. The van der Waals surface area contributed by atoms with E-state index in [1.807, 2.05) is 37.3 Å². The summed E-state index contributed by atoms with van der Waals surface area (Å²) < 4.78 is 9.06. The lowest BCUT2D eigenvalue weighted by atomic mass is 9.94. The van der Waals surface area contributed by atoms with Gasteiger partial charge in [-0.2, -0.15) is 0 Å². The van der Waals surface area contributed by atoms with Gasteiger partial charge in [0.15, 0.2) is 5.78 Å². The van der Waals surface area contributed by atoms with Crippen molar-refractivity contribution in [2.24, 2.45) is 0 Å². The standard InChI is InChI=1S/C30H27BrClN3O4/c1-19(20-6-4-3-5-7-20)16-27(36)28-26-18-33(29(37)21-8-13-24(31)25(32)17-21)14-15-34(26)30(38)35(28)22-9-11-23(39-2)12-10-22/h3-13,17,19H,14-16,18H2,1-2H3/t19-/m0/s1. The summed E-state index contributed by atoms with van der Waals surface area (Å²) in [6.07, 6.45) is 0.215. The molecule has 9 heteroatoms. The van der Waals surface area contributed by atoms with Crippen LogP contribution in [0, 0.1) is 0 Å². The van der Waals surface area contributed by atoms with Crippen molar-refractivity contribution in [1.82, 2.24) is 14.0 Å². The molecular weight excluding hydrogens is 582 g/mol. The van der Waals surface area contributed by atoms with Gasteiger partial charge in [-0.1, -0.05) is 48.9 Å². The fraction of sp³-hybridized carbons (Fsp3) is 0.233. The second-order valence-corrected chi connectivity index (χ2v) is 10.8. The highest BCUT2D eigenvalue weighted by molar-refractivity contribution is 9.10. The summed E-state index contributed by atoms with van der Waals surface area (Å²) in [6, 6.07) is 21.9. The molecule has 3 aromatic carbocycles. The fourth-order valence-electron chi connectivity index (χ4n) is 4.98. The molecule has 39 heavy (non-hydrogen) atoms. The maximum absolute atomic E-state index is 13.9. The number of amides is 1. The molecule has 2 heterocycles. The van der Waals surface area contributed by atoms with Crippen LogP contribution >= 0.6 is 27.5 Å². The monoisotopic (exact) mass is 607 g/mol. The molecule has 7 nitrogen and oxygen atoms in total. The third kappa shape index (κ3) is 5.31. The zero-order valence-electron chi connectivity index (χ0n) is 21.6. The third-order valence-electron chi connectivity index (χ3n) is 7.09. The van der Waals surface area contributed by atoms with Crippen molar-refractivity contribution in [3.63, 3.8) is 0 Å². The van der Waals surface area contributed by atoms with Gasteiger partial charge in [0.1, 0.15) is 11.4 Å². The second kappa shape index (κ2) is 11.2. The number of Topliss-reactive ketones (excluding diaryl/α,β-unsaturated/α-hetero) is 1. The summed E-state index contributed by atoms with van der Waals surface area (Å²) in [5.74, 6) is 0.219. The summed E-state index contributed by atoms with van der Waals surface area (Å²) in [4.78, 5) is 42.7. The van der Waals surface area contributed by atoms with Gasteiger partial charge in [0, 0.05) is 29.5 Å². The molecule has 0 radical (unpaired) electrons. The number of fused-ring (bicyclic) bond motifs is 1. The molecule has 0 aliphatic carbocycles. The molecule has 0 fully saturated rings. The van der Waals surface area contributed by atoms with E-state index in [9.17, 15) is 14.4 Å². The molecule has 0 saturated heterocycles. The Bertz CT molecular complexity index is 1600. The van der Waals surface area contributed by atoms with E-state index in [2.05, 4.69) is 15.9 Å². The van der Waals surface area contributed by atoms with Gasteiger partial charge in [-0.05, 0) is 69.9 Å². The average molecular weight is 609 g/mol. The summed E-state index contributed by atoms with van der Waals surface area (Å²) >= 11 is 9.59. The lowest BCUT2D eigenvalue weighted by Gasteiger charge is -2.28. The normalized spacial score (nSPS) is 13.6.